The summed E-state index contributed by atoms with van der Waals surface area (Å²) in [6, 6.07) is 12.0. The molecular formula is C17H18N2O3S2. The van der Waals surface area contributed by atoms with Gasteiger partial charge in [0.15, 0.2) is 0 Å². The van der Waals surface area contributed by atoms with Crippen LogP contribution >= 0.6 is 11.8 Å². The molecule has 126 valence electrons. The van der Waals surface area contributed by atoms with Gasteiger partial charge in [-0.15, -0.1) is 11.8 Å². The molecule has 0 aromatic heterocycles. The molecular weight excluding hydrogens is 344 g/mol. The molecule has 0 unspecified atom stereocenters. The average molecular weight is 362 g/mol. The lowest BCUT2D eigenvalue weighted by molar-refractivity contribution is -0.116. The molecule has 5 nitrogen and oxygen atoms in total. The maximum Gasteiger partial charge on any atom is 0.261 e. The maximum absolute atomic E-state index is 12.6. The second-order valence-electron chi connectivity index (χ2n) is 5.76. The van der Waals surface area contributed by atoms with Crippen molar-refractivity contribution >= 4 is 39.1 Å². The molecule has 0 saturated heterocycles. The van der Waals surface area contributed by atoms with Crippen LogP contribution in [0.5, 0.6) is 0 Å². The van der Waals surface area contributed by atoms with Gasteiger partial charge in [-0.05, 0) is 36.8 Å². The largest absolute Gasteiger partial charge is 0.325 e. The van der Waals surface area contributed by atoms with Crippen LogP contribution in [0.2, 0.25) is 0 Å². The second-order valence-corrected chi connectivity index (χ2v) is 8.92. The topological polar surface area (TPSA) is 75.3 Å². The number of sulfonamides is 1. The predicted molar refractivity (Wildman–Crippen MR) is 97.0 cm³/mol. The van der Waals surface area contributed by atoms with Gasteiger partial charge in [-0.3, -0.25) is 9.52 Å². The number of hydrogen-bond acceptors (Lipinski definition) is 4. The Morgan fingerprint density at radius 1 is 1.21 bits per heavy atom. The van der Waals surface area contributed by atoms with E-state index in [-0.39, 0.29) is 16.1 Å². The van der Waals surface area contributed by atoms with E-state index in [0.29, 0.717) is 17.8 Å². The van der Waals surface area contributed by atoms with Crippen LogP contribution in [0.1, 0.15) is 18.9 Å². The van der Waals surface area contributed by atoms with Crippen LogP contribution in [-0.2, 0) is 14.8 Å². The zero-order valence-corrected chi connectivity index (χ0v) is 15.0. The molecule has 3 rings (SSSR count). The number of rotatable bonds is 3. The van der Waals surface area contributed by atoms with Crippen LogP contribution < -0.4 is 10.0 Å². The highest BCUT2D eigenvalue weighted by Gasteiger charge is 2.22. The first-order valence-corrected chi connectivity index (χ1v) is 9.90. The minimum absolute atomic E-state index is 0.102. The molecule has 0 bridgehead atoms. The first kappa shape index (κ1) is 16.9. The maximum atomic E-state index is 12.6. The lowest BCUT2D eigenvalue weighted by atomic mass is 10.2. The number of thioether (sulfide) groups is 1. The van der Waals surface area contributed by atoms with Crippen LogP contribution in [0, 0.1) is 6.92 Å². The third-order valence-electron chi connectivity index (χ3n) is 3.73. The monoisotopic (exact) mass is 362 g/mol. The van der Waals surface area contributed by atoms with Crippen LogP contribution in [-0.4, -0.2) is 19.6 Å². The van der Waals surface area contributed by atoms with Crippen molar-refractivity contribution in [2.24, 2.45) is 0 Å². The van der Waals surface area contributed by atoms with Crippen LogP contribution in [0.25, 0.3) is 0 Å². The van der Waals surface area contributed by atoms with Crippen molar-refractivity contribution in [1.82, 2.24) is 0 Å². The molecule has 0 saturated carbocycles. The van der Waals surface area contributed by atoms with Crippen molar-refractivity contribution in [2.45, 2.75) is 35.3 Å². The van der Waals surface area contributed by atoms with Gasteiger partial charge in [-0.2, -0.15) is 0 Å². The van der Waals surface area contributed by atoms with Gasteiger partial charge < -0.3 is 5.32 Å². The Morgan fingerprint density at radius 2 is 1.96 bits per heavy atom. The van der Waals surface area contributed by atoms with E-state index < -0.39 is 10.0 Å². The summed E-state index contributed by atoms with van der Waals surface area (Å²) in [7, 11) is -3.72. The molecule has 1 heterocycles. The first-order chi connectivity index (χ1) is 11.3. The summed E-state index contributed by atoms with van der Waals surface area (Å²) in [5, 5.41) is 2.94. The van der Waals surface area contributed by atoms with E-state index in [9.17, 15) is 13.2 Å². The van der Waals surface area contributed by atoms with Crippen LogP contribution in [0.4, 0.5) is 11.4 Å². The third-order valence-corrected chi connectivity index (χ3v) is 6.27. The van der Waals surface area contributed by atoms with Gasteiger partial charge >= 0.3 is 0 Å². The smallest absolute Gasteiger partial charge is 0.261 e. The van der Waals surface area contributed by atoms with E-state index in [1.807, 2.05) is 26.0 Å². The predicted octanol–water partition coefficient (Wildman–Crippen LogP) is 3.62. The molecule has 7 heteroatoms. The van der Waals surface area contributed by atoms with E-state index in [2.05, 4.69) is 10.0 Å². The lowest BCUT2D eigenvalue weighted by Gasteiger charge is -2.13. The van der Waals surface area contributed by atoms with Crippen LogP contribution in [0.15, 0.2) is 52.3 Å². The fourth-order valence-corrected chi connectivity index (χ4v) is 4.70. The van der Waals surface area contributed by atoms with Crippen molar-refractivity contribution in [3.63, 3.8) is 0 Å². The van der Waals surface area contributed by atoms with Crippen molar-refractivity contribution in [3.05, 3.63) is 48.0 Å². The summed E-state index contributed by atoms with van der Waals surface area (Å²) in [6.45, 7) is 3.82. The second kappa shape index (κ2) is 6.49. The Bertz CT molecular complexity index is 894. The molecule has 1 amide bonds. The molecule has 0 spiro atoms. The lowest BCUT2D eigenvalue weighted by Crippen LogP contribution is -2.15. The summed E-state index contributed by atoms with van der Waals surface area (Å²) in [6.07, 6.45) is 0.406. The quantitative estimate of drug-likeness (QED) is 0.874. The Balaban J connectivity index is 1.95. The number of aryl methyl sites for hydroxylation is 1. The number of para-hydroxylation sites is 1. The SMILES string of the molecule is Cc1ccccc1NS(=O)(=O)c1ccc2c(c1)NC(=O)C[C@H](C)S2. The van der Waals surface area contributed by atoms with Crippen molar-refractivity contribution in [2.75, 3.05) is 10.0 Å². The fourth-order valence-electron chi connectivity index (χ4n) is 2.49. The minimum Gasteiger partial charge on any atom is -0.325 e. The Hall–Kier alpha value is -1.99. The highest BCUT2D eigenvalue weighted by atomic mass is 32.2. The molecule has 0 radical (unpaired) electrons. The Morgan fingerprint density at radius 3 is 2.71 bits per heavy atom. The number of fused-ring (bicyclic) bond motifs is 1. The Kier molecular flexibility index (Phi) is 4.56. The van der Waals surface area contributed by atoms with E-state index in [1.165, 1.54) is 6.07 Å². The normalized spacial score (nSPS) is 17.6. The van der Waals surface area contributed by atoms with Gasteiger partial charge in [-0.25, -0.2) is 8.42 Å². The van der Waals surface area contributed by atoms with Gasteiger partial charge in [0.05, 0.1) is 16.3 Å². The number of carbonyl (C=O) groups excluding carboxylic acids is 1. The zero-order valence-electron chi connectivity index (χ0n) is 13.4. The highest BCUT2D eigenvalue weighted by Crippen LogP contribution is 2.36. The zero-order chi connectivity index (χ0) is 17.3. The Labute approximate surface area is 145 Å². The summed E-state index contributed by atoms with van der Waals surface area (Å²) >= 11 is 1.56. The first-order valence-electron chi connectivity index (χ1n) is 7.54. The standard InChI is InChI=1S/C17H18N2O3S2/c1-11-5-3-4-6-14(11)19-24(21,22)13-7-8-16-15(10-13)18-17(20)9-12(2)23-16/h3-8,10,12,19H,9H2,1-2H3,(H,18,20)/t12-/m0/s1. The summed E-state index contributed by atoms with van der Waals surface area (Å²) < 4.78 is 27.9. The third kappa shape index (κ3) is 3.57. The summed E-state index contributed by atoms with van der Waals surface area (Å²) in [4.78, 5) is 12.9. The molecule has 24 heavy (non-hydrogen) atoms. The van der Waals surface area contributed by atoms with Gasteiger partial charge in [0.2, 0.25) is 5.91 Å². The molecule has 1 atom stereocenters. The molecule has 1 aliphatic heterocycles. The van der Waals surface area contributed by atoms with E-state index >= 15 is 0 Å². The molecule has 0 fully saturated rings. The van der Waals surface area contributed by atoms with E-state index in [1.54, 1.807) is 36.0 Å². The number of hydrogen-bond donors (Lipinski definition) is 2. The van der Waals surface area contributed by atoms with Gasteiger partial charge in [-0.1, -0.05) is 25.1 Å². The number of anilines is 2. The molecule has 0 aliphatic carbocycles. The van der Waals surface area contributed by atoms with Crippen molar-refractivity contribution in [1.29, 1.82) is 0 Å². The summed E-state index contributed by atoms with van der Waals surface area (Å²) in [5.41, 5.74) is 1.93. The van der Waals surface area contributed by atoms with Gasteiger partial charge in [0.25, 0.3) is 10.0 Å². The molecule has 2 N–H and O–H groups in total. The average Bonchev–Trinajstić information content (AvgIpc) is 2.65. The number of amides is 1. The number of nitrogens with one attached hydrogen (secondary N) is 2. The van der Waals surface area contributed by atoms with Gasteiger partial charge in [0, 0.05) is 16.6 Å². The molecule has 2 aromatic carbocycles. The molecule has 1 aliphatic rings. The van der Waals surface area contributed by atoms with Crippen LogP contribution in [0.3, 0.4) is 0 Å². The number of benzene rings is 2. The number of carbonyl (C=O) groups is 1. The van der Waals surface area contributed by atoms with Crippen molar-refractivity contribution in [3.8, 4) is 0 Å². The van der Waals surface area contributed by atoms with E-state index in [4.69, 9.17) is 0 Å². The van der Waals surface area contributed by atoms with Gasteiger partial charge in [0.1, 0.15) is 0 Å². The molecule has 2 aromatic rings. The minimum atomic E-state index is -3.72. The highest BCUT2D eigenvalue weighted by molar-refractivity contribution is 8.00. The fraction of sp³-hybridized carbons (Fsp3) is 0.235. The summed E-state index contributed by atoms with van der Waals surface area (Å²) in [5.74, 6) is -0.102. The van der Waals surface area contributed by atoms with E-state index in [0.717, 1.165) is 10.5 Å². The van der Waals surface area contributed by atoms with Crippen molar-refractivity contribution < 1.29 is 13.2 Å².